The van der Waals surface area contributed by atoms with Crippen LogP contribution in [-0.2, 0) is 19.3 Å². The zero-order valence-electron chi connectivity index (χ0n) is 15.8. The highest BCUT2D eigenvalue weighted by Crippen LogP contribution is 2.27. The van der Waals surface area contributed by atoms with E-state index in [0.29, 0.717) is 0 Å². The number of H-pyrrole nitrogens is 1. The molecule has 0 fully saturated rings. The molecule has 0 aliphatic rings. The molecule has 1 heterocycles. The first-order valence-corrected chi connectivity index (χ1v) is 9.60. The van der Waals surface area contributed by atoms with Crippen LogP contribution in [0, 0.1) is 6.92 Å². The van der Waals surface area contributed by atoms with E-state index in [1.807, 2.05) is 0 Å². The summed E-state index contributed by atoms with van der Waals surface area (Å²) in [6, 6.07) is 32.3. The summed E-state index contributed by atoms with van der Waals surface area (Å²) in [5.41, 5.74) is 9.59. The monoisotopic (exact) mass is 351 g/mol. The van der Waals surface area contributed by atoms with E-state index in [-0.39, 0.29) is 0 Å². The molecule has 1 heteroatoms. The standard InChI is InChI=1S/C26H25N/c1-20-24(17-21-11-5-2-6-12-21)25(18-22-13-7-3-8-14-22)26(27-20)19-23-15-9-4-10-16-23/h2-16,27H,17-19H2,1H3. The van der Waals surface area contributed by atoms with Gasteiger partial charge in [0, 0.05) is 17.8 Å². The van der Waals surface area contributed by atoms with Crippen molar-refractivity contribution in [2.45, 2.75) is 26.2 Å². The minimum absolute atomic E-state index is 0.943. The number of rotatable bonds is 6. The normalized spacial score (nSPS) is 10.9. The fourth-order valence-corrected chi connectivity index (χ4v) is 3.79. The van der Waals surface area contributed by atoms with Crippen molar-refractivity contribution in [3.63, 3.8) is 0 Å². The zero-order valence-corrected chi connectivity index (χ0v) is 15.8. The van der Waals surface area contributed by atoms with Gasteiger partial charge in [-0.2, -0.15) is 0 Å². The van der Waals surface area contributed by atoms with E-state index in [1.54, 1.807) is 0 Å². The van der Waals surface area contributed by atoms with Crippen LogP contribution < -0.4 is 0 Å². The summed E-state index contributed by atoms with van der Waals surface area (Å²) in [7, 11) is 0. The fraction of sp³-hybridized carbons (Fsp3) is 0.154. The van der Waals surface area contributed by atoms with E-state index in [2.05, 4.69) is 103 Å². The van der Waals surface area contributed by atoms with Crippen molar-refractivity contribution < 1.29 is 0 Å². The number of aryl methyl sites for hydroxylation is 1. The highest BCUT2D eigenvalue weighted by molar-refractivity contribution is 5.44. The summed E-state index contributed by atoms with van der Waals surface area (Å²) in [4.78, 5) is 3.70. The summed E-state index contributed by atoms with van der Waals surface area (Å²) < 4.78 is 0. The van der Waals surface area contributed by atoms with Gasteiger partial charge < -0.3 is 4.98 Å². The number of aromatic amines is 1. The van der Waals surface area contributed by atoms with Crippen LogP contribution >= 0.6 is 0 Å². The minimum atomic E-state index is 0.943. The van der Waals surface area contributed by atoms with Gasteiger partial charge in [0.25, 0.3) is 0 Å². The summed E-state index contributed by atoms with van der Waals surface area (Å²) in [6.45, 7) is 2.21. The average Bonchev–Trinajstić information content (AvgIpc) is 2.99. The third kappa shape index (κ3) is 4.20. The van der Waals surface area contributed by atoms with E-state index in [1.165, 1.54) is 39.2 Å². The zero-order chi connectivity index (χ0) is 18.5. The topological polar surface area (TPSA) is 15.8 Å². The predicted octanol–water partition coefficient (Wildman–Crippen LogP) is 6.10. The largest absolute Gasteiger partial charge is 0.362 e. The Labute approximate surface area is 161 Å². The van der Waals surface area contributed by atoms with Crippen LogP contribution in [0.4, 0.5) is 0 Å². The molecule has 1 aromatic heterocycles. The third-order valence-corrected chi connectivity index (χ3v) is 5.19. The Hall–Kier alpha value is -3.06. The molecule has 4 rings (SSSR count). The van der Waals surface area contributed by atoms with Crippen LogP contribution in [0.2, 0.25) is 0 Å². The molecular weight excluding hydrogens is 326 g/mol. The molecule has 0 saturated carbocycles. The molecule has 0 radical (unpaired) electrons. The number of aromatic nitrogens is 1. The van der Waals surface area contributed by atoms with Crippen molar-refractivity contribution in [2.24, 2.45) is 0 Å². The molecule has 134 valence electrons. The molecule has 0 saturated heterocycles. The number of hydrogen-bond donors (Lipinski definition) is 1. The first-order chi connectivity index (χ1) is 13.3. The quantitative estimate of drug-likeness (QED) is 0.432. The van der Waals surface area contributed by atoms with Crippen LogP contribution in [-0.4, -0.2) is 4.98 Å². The van der Waals surface area contributed by atoms with Gasteiger partial charge >= 0.3 is 0 Å². The highest BCUT2D eigenvalue weighted by Gasteiger charge is 2.16. The van der Waals surface area contributed by atoms with Crippen LogP contribution in [0.1, 0.15) is 39.2 Å². The Bertz CT molecular complexity index is 983. The first kappa shape index (κ1) is 17.4. The Morgan fingerprint density at radius 3 is 1.41 bits per heavy atom. The molecule has 1 nitrogen and oxygen atoms in total. The molecule has 3 aromatic carbocycles. The van der Waals surface area contributed by atoms with Crippen molar-refractivity contribution in [1.29, 1.82) is 0 Å². The van der Waals surface area contributed by atoms with Crippen LogP contribution in [0.3, 0.4) is 0 Å². The molecule has 0 aliphatic heterocycles. The smallest absolute Gasteiger partial charge is 0.0232 e. The second-order valence-electron chi connectivity index (χ2n) is 7.17. The lowest BCUT2D eigenvalue weighted by molar-refractivity contribution is 1.03. The van der Waals surface area contributed by atoms with Crippen molar-refractivity contribution >= 4 is 0 Å². The lowest BCUT2D eigenvalue weighted by Crippen LogP contribution is -1.99. The molecule has 0 amide bonds. The summed E-state index contributed by atoms with van der Waals surface area (Å²) in [5, 5.41) is 0. The van der Waals surface area contributed by atoms with Crippen molar-refractivity contribution in [1.82, 2.24) is 4.98 Å². The van der Waals surface area contributed by atoms with E-state index in [4.69, 9.17) is 0 Å². The van der Waals surface area contributed by atoms with Gasteiger partial charge in [-0.3, -0.25) is 0 Å². The molecule has 0 atom stereocenters. The first-order valence-electron chi connectivity index (χ1n) is 9.60. The molecule has 27 heavy (non-hydrogen) atoms. The Kier molecular flexibility index (Phi) is 5.20. The molecule has 4 aromatic rings. The van der Waals surface area contributed by atoms with Gasteiger partial charge in [-0.25, -0.2) is 0 Å². The van der Waals surface area contributed by atoms with E-state index >= 15 is 0 Å². The third-order valence-electron chi connectivity index (χ3n) is 5.19. The molecule has 0 unspecified atom stereocenters. The van der Waals surface area contributed by atoms with Gasteiger partial charge in [0.15, 0.2) is 0 Å². The van der Waals surface area contributed by atoms with Crippen LogP contribution in [0.5, 0.6) is 0 Å². The summed E-state index contributed by atoms with van der Waals surface area (Å²) in [6.07, 6.45) is 2.88. The second-order valence-corrected chi connectivity index (χ2v) is 7.17. The molecule has 0 aliphatic carbocycles. The SMILES string of the molecule is Cc1[nH]c(Cc2ccccc2)c(Cc2ccccc2)c1Cc1ccccc1. The molecule has 0 bridgehead atoms. The molecule has 1 N–H and O–H groups in total. The average molecular weight is 351 g/mol. The van der Waals surface area contributed by atoms with Gasteiger partial charge in [0.05, 0.1) is 0 Å². The van der Waals surface area contributed by atoms with Gasteiger partial charge in [-0.15, -0.1) is 0 Å². The summed E-state index contributed by atoms with van der Waals surface area (Å²) >= 11 is 0. The Morgan fingerprint density at radius 1 is 0.519 bits per heavy atom. The number of nitrogens with one attached hydrogen (secondary N) is 1. The van der Waals surface area contributed by atoms with Crippen LogP contribution in [0.25, 0.3) is 0 Å². The molecular formula is C26H25N. The number of hydrogen-bond acceptors (Lipinski definition) is 0. The van der Waals surface area contributed by atoms with Crippen LogP contribution in [0.15, 0.2) is 91.0 Å². The maximum atomic E-state index is 3.70. The maximum Gasteiger partial charge on any atom is 0.0232 e. The van der Waals surface area contributed by atoms with E-state index in [9.17, 15) is 0 Å². The van der Waals surface area contributed by atoms with Crippen molar-refractivity contribution in [2.75, 3.05) is 0 Å². The summed E-state index contributed by atoms with van der Waals surface area (Å²) in [5.74, 6) is 0. The van der Waals surface area contributed by atoms with Crippen molar-refractivity contribution in [3.05, 3.63) is 130 Å². The Balaban J connectivity index is 1.72. The van der Waals surface area contributed by atoms with Crippen molar-refractivity contribution in [3.8, 4) is 0 Å². The maximum absolute atomic E-state index is 3.70. The van der Waals surface area contributed by atoms with Gasteiger partial charge in [-0.05, 0) is 47.6 Å². The Morgan fingerprint density at radius 2 is 0.926 bits per heavy atom. The number of benzene rings is 3. The predicted molar refractivity (Wildman–Crippen MR) is 113 cm³/mol. The van der Waals surface area contributed by atoms with Gasteiger partial charge in [0.2, 0.25) is 0 Å². The lowest BCUT2D eigenvalue weighted by atomic mass is 9.94. The fourth-order valence-electron chi connectivity index (χ4n) is 3.79. The van der Waals surface area contributed by atoms with Gasteiger partial charge in [-0.1, -0.05) is 91.0 Å². The lowest BCUT2D eigenvalue weighted by Gasteiger charge is -2.10. The highest BCUT2D eigenvalue weighted by atomic mass is 14.7. The van der Waals surface area contributed by atoms with E-state index < -0.39 is 0 Å². The van der Waals surface area contributed by atoms with E-state index in [0.717, 1.165) is 19.3 Å². The molecule has 0 spiro atoms. The van der Waals surface area contributed by atoms with Gasteiger partial charge in [0.1, 0.15) is 0 Å². The minimum Gasteiger partial charge on any atom is -0.362 e. The second kappa shape index (κ2) is 8.09.